The number of ketones is 1. The van der Waals surface area contributed by atoms with Gasteiger partial charge in [-0.1, -0.05) is 12.1 Å². The van der Waals surface area contributed by atoms with Gasteiger partial charge in [0.1, 0.15) is 11.4 Å². The number of benzene rings is 1. The van der Waals surface area contributed by atoms with Crippen LogP contribution < -0.4 is 0 Å². The van der Waals surface area contributed by atoms with Crippen LogP contribution in [-0.4, -0.2) is 26.9 Å². The van der Waals surface area contributed by atoms with E-state index in [4.69, 9.17) is 13.1 Å². The van der Waals surface area contributed by atoms with Gasteiger partial charge in [0.05, 0.1) is 20.8 Å². The molecule has 0 aliphatic carbocycles. The van der Waals surface area contributed by atoms with E-state index in [2.05, 4.69) is 4.98 Å². The number of carboxylic acids is 1. The zero-order valence-electron chi connectivity index (χ0n) is 13.3. The van der Waals surface area contributed by atoms with E-state index in [1.54, 1.807) is 0 Å². The Labute approximate surface area is 129 Å². The smallest absolute Gasteiger partial charge is 0.303 e. The Morgan fingerprint density at radius 1 is 1.32 bits per heavy atom. The van der Waals surface area contributed by atoms with Gasteiger partial charge in [-0.2, -0.15) is 5.26 Å². The highest BCUT2D eigenvalue weighted by Crippen LogP contribution is 2.26. The largest absolute Gasteiger partial charge is 0.506 e. The van der Waals surface area contributed by atoms with Crippen molar-refractivity contribution >= 4 is 11.8 Å². The van der Waals surface area contributed by atoms with Crippen molar-refractivity contribution in [2.24, 2.45) is 0 Å². The molecule has 0 aliphatic heterocycles. The van der Waals surface area contributed by atoms with Gasteiger partial charge < -0.3 is 10.2 Å². The maximum Gasteiger partial charge on any atom is 0.303 e. The van der Waals surface area contributed by atoms with Gasteiger partial charge in [0, 0.05) is 18.2 Å². The lowest BCUT2D eigenvalue weighted by atomic mass is 10.0. The first-order valence-electron chi connectivity index (χ1n) is 7.29. The third-order valence-electron chi connectivity index (χ3n) is 2.89. The van der Waals surface area contributed by atoms with Crippen molar-refractivity contribution < 1.29 is 22.5 Å². The first-order valence-corrected chi connectivity index (χ1v) is 6.29. The number of aromatic nitrogens is 1. The van der Waals surface area contributed by atoms with Crippen LogP contribution in [0.1, 0.15) is 31.6 Å². The quantitative estimate of drug-likeness (QED) is 0.820. The fraction of sp³-hybridized carbons (Fsp3) is 0.125. The third kappa shape index (κ3) is 3.46. The molecule has 0 amide bonds. The highest BCUT2D eigenvalue weighted by molar-refractivity contribution is 5.98. The summed E-state index contributed by atoms with van der Waals surface area (Å²) >= 11 is 0. The minimum Gasteiger partial charge on any atom is -0.506 e. The van der Waals surface area contributed by atoms with E-state index in [1.807, 2.05) is 6.07 Å². The summed E-state index contributed by atoms with van der Waals surface area (Å²) in [5.41, 5.74) is 0.550. The molecule has 0 bridgehead atoms. The minimum absolute atomic E-state index is 0.0126. The second-order valence-electron chi connectivity index (χ2n) is 4.45. The van der Waals surface area contributed by atoms with Gasteiger partial charge in [-0.05, 0) is 23.7 Å². The molecule has 0 spiro atoms. The van der Waals surface area contributed by atoms with E-state index in [9.17, 15) is 14.7 Å². The molecule has 2 aromatic rings. The van der Waals surface area contributed by atoms with Crippen LogP contribution in [0.4, 0.5) is 0 Å². The van der Waals surface area contributed by atoms with E-state index < -0.39 is 17.5 Å². The summed E-state index contributed by atoms with van der Waals surface area (Å²) < 4.78 is 15.3. The number of hydrogen-bond donors (Lipinski definition) is 2. The van der Waals surface area contributed by atoms with Crippen molar-refractivity contribution in [3.63, 3.8) is 0 Å². The zero-order chi connectivity index (χ0) is 17.9. The first-order chi connectivity index (χ1) is 11.3. The number of nitrogens with zero attached hydrogens (tertiary/aromatic N) is 2. The Bertz CT molecular complexity index is 875. The van der Waals surface area contributed by atoms with Crippen molar-refractivity contribution in [3.05, 3.63) is 47.7 Å². The maximum absolute atomic E-state index is 11.8. The molecule has 0 saturated heterocycles. The molecule has 2 N–H and O–H groups in total. The molecule has 0 fully saturated rings. The molecule has 1 heterocycles. The molecular weight excluding hydrogens is 284 g/mol. The fourth-order valence-corrected chi connectivity index (χ4v) is 1.82. The zero-order valence-corrected chi connectivity index (χ0v) is 11.3. The summed E-state index contributed by atoms with van der Waals surface area (Å²) in [7, 11) is 0. The van der Waals surface area contributed by atoms with Crippen LogP contribution in [0.2, 0.25) is 0 Å². The monoisotopic (exact) mass is 298 g/mol. The molecule has 110 valence electrons. The number of carbonyl (C=O) groups excluding carboxylic acids is 1. The second-order valence-corrected chi connectivity index (χ2v) is 4.45. The lowest BCUT2D eigenvalue weighted by Crippen LogP contribution is -2.06. The van der Waals surface area contributed by atoms with Crippen LogP contribution in [0.3, 0.4) is 0 Å². The third-order valence-corrected chi connectivity index (χ3v) is 2.89. The predicted octanol–water partition coefficient (Wildman–Crippen LogP) is 2.37. The van der Waals surface area contributed by atoms with Crippen LogP contribution in [0.15, 0.2) is 36.5 Å². The molecule has 6 heteroatoms. The molecular formula is C16H12N2O4. The number of aromatic hydroxyl groups is 1. The summed E-state index contributed by atoms with van der Waals surface area (Å²) in [6.07, 6.45) is 0.645. The van der Waals surface area contributed by atoms with Gasteiger partial charge >= 0.3 is 5.97 Å². The summed E-state index contributed by atoms with van der Waals surface area (Å²) in [5.74, 6) is -2.13. The van der Waals surface area contributed by atoms with E-state index >= 15 is 0 Å². The number of hydrogen-bond acceptors (Lipinski definition) is 5. The minimum atomic E-state index is -1.12. The topological polar surface area (TPSA) is 111 Å². The van der Waals surface area contributed by atoms with Gasteiger partial charge in [-0.25, -0.2) is 4.98 Å². The Balaban J connectivity index is 2.37. The van der Waals surface area contributed by atoms with E-state index in [0.29, 0.717) is 11.1 Å². The molecule has 1 aromatic carbocycles. The van der Waals surface area contributed by atoms with Gasteiger partial charge in [0.2, 0.25) is 0 Å². The second kappa shape index (κ2) is 6.50. The Kier molecular flexibility index (Phi) is 3.70. The van der Waals surface area contributed by atoms with Crippen LogP contribution in [-0.2, 0) is 4.79 Å². The molecule has 0 unspecified atom stereocenters. The average molecular weight is 298 g/mol. The lowest BCUT2D eigenvalue weighted by Gasteiger charge is -2.06. The molecule has 1 aromatic heterocycles. The van der Waals surface area contributed by atoms with Gasteiger partial charge in [0.15, 0.2) is 5.78 Å². The normalized spacial score (nSPS) is 11.2. The highest BCUT2D eigenvalue weighted by Gasteiger charge is 2.15. The van der Waals surface area contributed by atoms with Crippen LogP contribution in [0.5, 0.6) is 5.75 Å². The number of carbonyl (C=O) groups is 2. The van der Waals surface area contributed by atoms with Crippen LogP contribution in [0.25, 0.3) is 11.1 Å². The standard InChI is InChI=1S/C16H12N2O4/c17-8-10-2-1-3-11(6-10)12-7-14(20)16(18-9-12)13(19)4-5-15(21)22/h1-3,6-7,9,20H,4-5H2,(H,21,22)/i1D,2D. The van der Waals surface area contributed by atoms with Crippen LogP contribution in [0, 0.1) is 11.3 Å². The number of rotatable bonds is 5. The molecule has 22 heavy (non-hydrogen) atoms. The average Bonchev–Trinajstić information content (AvgIpc) is 2.54. The summed E-state index contributed by atoms with van der Waals surface area (Å²) in [4.78, 5) is 26.2. The molecule has 0 atom stereocenters. The summed E-state index contributed by atoms with van der Waals surface area (Å²) in [5, 5.41) is 27.5. The van der Waals surface area contributed by atoms with E-state index in [0.717, 1.165) is 0 Å². The highest BCUT2D eigenvalue weighted by atomic mass is 16.4. The summed E-state index contributed by atoms with van der Waals surface area (Å²) in [6, 6.07) is 5.47. The molecule has 0 aliphatic rings. The van der Waals surface area contributed by atoms with Gasteiger partial charge in [0.25, 0.3) is 0 Å². The maximum atomic E-state index is 11.8. The van der Waals surface area contributed by atoms with Gasteiger partial charge in [-0.15, -0.1) is 0 Å². The molecule has 0 radical (unpaired) electrons. The Hall–Kier alpha value is -3.20. The number of aliphatic carboxylic acids is 1. The number of nitriles is 1. The van der Waals surface area contributed by atoms with E-state index in [-0.39, 0.29) is 36.2 Å². The Morgan fingerprint density at radius 2 is 2.09 bits per heavy atom. The molecule has 2 rings (SSSR count). The number of Topliss-reactive ketones (excluding diaryl/α,β-unsaturated/α-hetero) is 1. The Morgan fingerprint density at radius 3 is 2.73 bits per heavy atom. The van der Waals surface area contributed by atoms with Crippen molar-refractivity contribution in [3.8, 4) is 22.9 Å². The lowest BCUT2D eigenvalue weighted by molar-refractivity contribution is -0.136. The van der Waals surface area contributed by atoms with Crippen molar-refractivity contribution in [1.82, 2.24) is 4.98 Å². The SMILES string of the molecule is [2H]c1cc(-c2cnc(C(=O)CCC(=O)O)c(O)c2)cc(C#N)c1[2H]. The fourth-order valence-electron chi connectivity index (χ4n) is 1.82. The van der Waals surface area contributed by atoms with E-state index in [1.165, 1.54) is 24.4 Å². The molecule has 6 nitrogen and oxygen atoms in total. The summed E-state index contributed by atoms with van der Waals surface area (Å²) in [6.45, 7) is 0. The number of pyridine rings is 1. The molecule has 0 saturated carbocycles. The van der Waals surface area contributed by atoms with Crippen LogP contribution >= 0.6 is 0 Å². The van der Waals surface area contributed by atoms with Crippen molar-refractivity contribution in [2.45, 2.75) is 12.8 Å². The predicted molar refractivity (Wildman–Crippen MR) is 77.3 cm³/mol. The van der Waals surface area contributed by atoms with Crippen molar-refractivity contribution in [1.29, 1.82) is 5.26 Å². The first kappa shape index (κ1) is 12.5. The van der Waals surface area contributed by atoms with Gasteiger partial charge in [-0.3, -0.25) is 9.59 Å². The van der Waals surface area contributed by atoms with Crippen molar-refractivity contribution in [2.75, 3.05) is 0 Å². The number of carboxylic acid groups (broad SMARTS) is 1.